The first-order chi connectivity index (χ1) is 9.45. The predicted molar refractivity (Wildman–Crippen MR) is 68.6 cm³/mol. The molecule has 7 heteroatoms. The van der Waals surface area contributed by atoms with Gasteiger partial charge in [0.15, 0.2) is 6.10 Å². The Kier molecular flexibility index (Phi) is 4.41. The molecule has 20 heavy (non-hydrogen) atoms. The van der Waals surface area contributed by atoms with Crippen LogP contribution in [0.2, 0.25) is 0 Å². The van der Waals surface area contributed by atoms with Crippen molar-refractivity contribution in [1.82, 2.24) is 0 Å². The Bertz CT molecular complexity index is 527. The molecule has 1 saturated heterocycles. The second kappa shape index (κ2) is 5.90. The average Bonchev–Trinajstić information content (AvgIpc) is 2.45. The van der Waals surface area contributed by atoms with Crippen LogP contribution in [0.5, 0.6) is 0 Å². The second-order valence-corrected chi connectivity index (χ2v) is 4.68. The van der Waals surface area contributed by atoms with E-state index in [1.165, 1.54) is 11.0 Å². The van der Waals surface area contributed by atoms with Crippen molar-refractivity contribution in [3.8, 4) is 6.07 Å². The molecule has 0 radical (unpaired) electrons. The first kappa shape index (κ1) is 14.9. The van der Waals surface area contributed by atoms with Gasteiger partial charge in [0.2, 0.25) is 0 Å². The van der Waals surface area contributed by atoms with Crippen molar-refractivity contribution >= 4 is 17.3 Å². The Morgan fingerprint density at radius 2 is 2.20 bits per heavy atom. The van der Waals surface area contributed by atoms with Crippen LogP contribution < -0.4 is 4.90 Å². The molecule has 1 fully saturated rings. The summed E-state index contributed by atoms with van der Waals surface area (Å²) in [6, 6.07) is 5.94. The van der Waals surface area contributed by atoms with Gasteiger partial charge in [-0.2, -0.15) is 18.4 Å². The van der Waals surface area contributed by atoms with Gasteiger partial charge in [-0.15, -0.1) is 11.6 Å². The quantitative estimate of drug-likeness (QED) is 0.787. The third-order valence-corrected chi connectivity index (χ3v) is 3.38. The highest BCUT2D eigenvalue weighted by Crippen LogP contribution is 2.38. The van der Waals surface area contributed by atoms with E-state index in [1.54, 1.807) is 6.07 Å². The lowest BCUT2D eigenvalue weighted by molar-refractivity contribution is -0.137. The summed E-state index contributed by atoms with van der Waals surface area (Å²) in [7, 11) is 0. The van der Waals surface area contributed by atoms with Crippen LogP contribution in [0.15, 0.2) is 18.2 Å². The molecular weight excluding hydrogens is 293 g/mol. The number of anilines is 1. The van der Waals surface area contributed by atoms with E-state index in [9.17, 15) is 13.2 Å². The van der Waals surface area contributed by atoms with Crippen LogP contribution in [0.25, 0.3) is 0 Å². The number of halogens is 4. The standard InChI is InChI=1S/C13H12ClF3N2O/c14-6-9-1-2-12(11(5-9)13(15,16)17)19-3-4-20-10(7-18)8-19/h1-2,5,10H,3-4,6,8H2. The zero-order valence-corrected chi connectivity index (χ0v) is 11.2. The van der Waals surface area contributed by atoms with Crippen molar-refractivity contribution in [2.75, 3.05) is 24.6 Å². The molecule has 0 aromatic heterocycles. The number of nitriles is 1. The number of nitrogens with zero attached hydrogens (tertiary/aromatic N) is 2. The van der Waals surface area contributed by atoms with Gasteiger partial charge in [-0.05, 0) is 17.7 Å². The zero-order chi connectivity index (χ0) is 14.8. The van der Waals surface area contributed by atoms with Gasteiger partial charge in [0.25, 0.3) is 0 Å². The smallest absolute Gasteiger partial charge is 0.365 e. The van der Waals surface area contributed by atoms with E-state index < -0.39 is 17.8 Å². The normalized spacial score (nSPS) is 19.8. The van der Waals surface area contributed by atoms with Crippen molar-refractivity contribution in [2.24, 2.45) is 0 Å². The highest BCUT2D eigenvalue weighted by molar-refractivity contribution is 6.17. The fraction of sp³-hybridized carbons (Fsp3) is 0.462. The van der Waals surface area contributed by atoms with E-state index in [2.05, 4.69) is 0 Å². The molecule has 108 valence electrons. The fourth-order valence-corrected chi connectivity index (χ4v) is 2.28. The lowest BCUT2D eigenvalue weighted by Gasteiger charge is -2.33. The molecule has 1 aliphatic heterocycles. The minimum absolute atomic E-state index is 0.0211. The van der Waals surface area contributed by atoms with Gasteiger partial charge in [-0.3, -0.25) is 0 Å². The molecule has 0 spiro atoms. The van der Waals surface area contributed by atoms with Gasteiger partial charge in [0.05, 0.1) is 24.8 Å². The number of benzene rings is 1. The zero-order valence-electron chi connectivity index (χ0n) is 10.5. The Hall–Kier alpha value is -1.45. The maximum absolute atomic E-state index is 13.1. The number of morpholine rings is 1. The Morgan fingerprint density at radius 1 is 1.45 bits per heavy atom. The Morgan fingerprint density at radius 3 is 2.80 bits per heavy atom. The third-order valence-electron chi connectivity index (χ3n) is 3.07. The molecule has 3 nitrogen and oxygen atoms in total. The average molecular weight is 305 g/mol. The molecule has 1 aromatic rings. The van der Waals surface area contributed by atoms with E-state index in [0.717, 1.165) is 6.07 Å². The molecule has 1 atom stereocenters. The Balaban J connectivity index is 2.38. The molecule has 1 aliphatic rings. The first-order valence-corrected chi connectivity index (χ1v) is 6.51. The van der Waals surface area contributed by atoms with E-state index in [4.69, 9.17) is 21.6 Å². The van der Waals surface area contributed by atoms with Crippen LogP contribution in [-0.4, -0.2) is 25.8 Å². The summed E-state index contributed by atoms with van der Waals surface area (Å²) in [4.78, 5) is 1.53. The van der Waals surface area contributed by atoms with E-state index >= 15 is 0 Å². The monoisotopic (exact) mass is 304 g/mol. The summed E-state index contributed by atoms with van der Waals surface area (Å²) >= 11 is 5.59. The van der Waals surface area contributed by atoms with Crippen LogP contribution in [0.4, 0.5) is 18.9 Å². The van der Waals surface area contributed by atoms with Crippen LogP contribution in [-0.2, 0) is 16.8 Å². The van der Waals surface area contributed by atoms with Crippen molar-refractivity contribution in [3.63, 3.8) is 0 Å². The summed E-state index contributed by atoms with van der Waals surface area (Å²) in [5.41, 5.74) is -0.253. The van der Waals surface area contributed by atoms with Gasteiger partial charge in [-0.1, -0.05) is 6.07 Å². The van der Waals surface area contributed by atoms with Crippen LogP contribution in [0, 0.1) is 11.3 Å². The molecule has 2 rings (SSSR count). The van der Waals surface area contributed by atoms with Crippen molar-refractivity contribution in [1.29, 1.82) is 5.26 Å². The SMILES string of the molecule is N#CC1CN(c2ccc(CCl)cc2C(F)(F)F)CCO1. The molecule has 0 amide bonds. The van der Waals surface area contributed by atoms with Crippen molar-refractivity contribution in [2.45, 2.75) is 18.2 Å². The molecule has 0 N–H and O–H groups in total. The fourth-order valence-electron chi connectivity index (χ4n) is 2.12. The van der Waals surface area contributed by atoms with Gasteiger partial charge < -0.3 is 9.64 Å². The van der Waals surface area contributed by atoms with Crippen LogP contribution in [0.3, 0.4) is 0 Å². The molecule has 1 unspecified atom stereocenters. The number of ether oxygens (including phenoxy) is 1. The summed E-state index contributed by atoms with van der Waals surface area (Å²) in [6.07, 6.45) is -5.17. The molecular formula is C13H12ClF3N2O. The summed E-state index contributed by atoms with van der Waals surface area (Å²) in [5, 5.41) is 8.83. The van der Waals surface area contributed by atoms with Crippen molar-refractivity contribution < 1.29 is 17.9 Å². The molecule has 1 aromatic carbocycles. The van der Waals surface area contributed by atoms with Gasteiger partial charge >= 0.3 is 6.18 Å². The van der Waals surface area contributed by atoms with Crippen LogP contribution in [0.1, 0.15) is 11.1 Å². The van der Waals surface area contributed by atoms with Crippen molar-refractivity contribution in [3.05, 3.63) is 29.3 Å². The minimum Gasteiger partial charge on any atom is -0.365 e. The highest BCUT2D eigenvalue weighted by Gasteiger charge is 2.36. The minimum atomic E-state index is -4.46. The summed E-state index contributed by atoms with van der Waals surface area (Å²) in [5.74, 6) is 0.0211. The number of hydrogen-bond acceptors (Lipinski definition) is 3. The summed E-state index contributed by atoms with van der Waals surface area (Å²) in [6.45, 7) is 0.675. The summed E-state index contributed by atoms with van der Waals surface area (Å²) < 4.78 is 44.5. The van der Waals surface area contributed by atoms with Gasteiger partial charge in [0, 0.05) is 18.1 Å². The van der Waals surface area contributed by atoms with E-state index in [-0.39, 0.29) is 24.7 Å². The van der Waals surface area contributed by atoms with Crippen LogP contribution >= 0.6 is 11.6 Å². The predicted octanol–water partition coefficient (Wildman–Crippen LogP) is 3.17. The second-order valence-electron chi connectivity index (χ2n) is 4.42. The van der Waals surface area contributed by atoms with Gasteiger partial charge in [0.1, 0.15) is 0 Å². The van der Waals surface area contributed by atoms with E-state index in [0.29, 0.717) is 12.1 Å². The Labute approximate surface area is 119 Å². The molecule has 1 heterocycles. The number of alkyl halides is 4. The molecule has 0 saturated carbocycles. The maximum atomic E-state index is 13.1. The van der Waals surface area contributed by atoms with E-state index in [1.807, 2.05) is 6.07 Å². The first-order valence-electron chi connectivity index (χ1n) is 5.98. The molecule has 0 bridgehead atoms. The van der Waals surface area contributed by atoms with Gasteiger partial charge in [-0.25, -0.2) is 0 Å². The number of hydrogen-bond donors (Lipinski definition) is 0. The topological polar surface area (TPSA) is 36.3 Å². The highest BCUT2D eigenvalue weighted by atomic mass is 35.5. The lowest BCUT2D eigenvalue weighted by Crippen LogP contribution is -2.42. The third kappa shape index (κ3) is 3.17. The molecule has 0 aliphatic carbocycles. The number of rotatable bonds is 2. The maximum Gasteiger partial charge on any atom is 0.418 e. The largest absolute Gasteiger partial charge is 0.418 e. The lowest BCUT2D eigenvalue weighted by atomic mass is 10.1.